The second-order valence-corrected chi connectivity index (χ2v) is 4.00. The third-order valence-corrected chi connectivity index (χ3v) is 3.16. The Morgan fingerprint density at radius 1 is 1.60 bits per heavy atom. The number of carbonyl (C=O) groups is 1. The van der Waals surface area contributed by atoms with Crippen LogP contribution in [-0.4, -0.2) is 38.4 Å². The summed E-state index contributed by atoms with van der Waals surface area (Å²) in [5.41, 5.74) is -0.535. The highest BCUT2D eigenvalue weighted by molar-refractivity contribution is 5.80. The van der Waals surface area contributed by atoms with E-state index >= 15 is 0 Å². The van der Waals surface area contributed by atoms with E-state index < -0.39 is 5.54 Å². The van der Waals surface area contributed by atoms with Gasteiger partial charge >= 0.3 is 5.97 Å². The Labute approximate surface area is 91.3 Å². The minimum atomic E-state index is -0.535. The van der Waals surface area contributed by atoms with Gasteiger partial charge in [-0.15, -0.1) is 0 Å². The van der Waals surface area contributed by atoms with E-state index in [9.17, 15) is 4.79 Å². The van der Waals surface area contributed by atoms with Gasteiger partial charge in [0.1, 0.15) is 5.54 Å². The highest BCUT2D eigenvalue weighted by Crippen LogP contribution is 2.30. The van der Waals surface area contributed by atoms with Gasteiger partial charge in [0.15, 0.2) is 0 Å². The second-order valence-electron chi connectivity index (χ2n) is 4.00. The maximum Gasteiger partial charge on any atom is 0.326 e. The highest BCUT2D eigenvalue weighted by atomic mass is 16.5. The first-order valence-electron chi connectivity index (χ1n) is 5.57. The van der Waals surface area contributed by atoms with E-state index in [1.54, 1.807) is 0 Å². The van der Waals surface area contributed by atoms with Gasteiger partial charge in [-0.2, -0.15) is 0 Å². The molecule has 1 rings (SSSR count). The zero-order valence-corrected chi connectivity index (χ0v) is 9.84. The Bertz CT molecular complexity index is 218. The third-order valence-electron chi connectivity index (χ3n) is 3.16. The molecule has 1 saturated carbocycles. The molecule has 0 radical (unpaired) electrons. The van der Waals surface area contributed by atoms with Crippen molar-refractivity contribution in [3.8, 4) is 0 Å². The Morgan fingerprint density at radius 2 is 2.33 bits per heavy atom. The predicted octanol–water partition coefficient (Wildman–Crippen LogP) is 1.10. The van der Waals surface area contributed by atoms with Crippen molar-refractivity contribution in [2.45, 2.75) is 44.2 Å². The lowest BCUT2D eigenvalue weighted by atomic mass is 9.80. The number of carbonyl (C=O) groups excluding carboxylic acids is 1. The summed E-state index contributed by atoms with van der Waals surface area (Å²) in [4.78, 5) is 11.7. The first-order valence-corrected chi connectivity index (χ1v) is 5.57. The van der Waals surface area contributed by atoms with Crippen LogP contribution in [0.4, 0.5) is 0 Å². The maximum atomic E-state index is 11.7. The molecule has 4 nitrogen and oxygen atoms in total. The molecule has 1 N–H and O–H groups in total. The van der Waals surface area contributed by atoms with E-state index in [0.29, 0.717) is 13.0 Å². The van der Waals surface area contributed by atoms with Crippen molar-refractivity contribution < 1.29 is 14.3 Å². The molecule has 1 aliphatic carbocycles. The Balaban J connectivity index is 2.68. The standard InChI is InChI=1S/C11H21NO3/c1-4-15-9-6-5-7-11(8-9,12-2)10(13)14-3/h9,12H,4-8H2,1-3H3. The van der Waals surface area contributed by atoms with Crippen molar-refractivity contribution in [1.29, 1.82) is 0 Å². The molecule has 0 aromatic carbocycles. The monoisotopic (exact) mass is 215 g/mol. The molecule has 2 unspecified atom stereocenters. The van der Waals surface area contributed by atoms with Gasteiger partial charge in [0.05, 0.1) is 13.2 Å². The molecule has 1 aliphatic rings. The van der Waals surface area contributed by atoms with Gasteiger partial charge in [0.25, 0.3) is 0 Å². The fraction of sp³-hybridized carbons (Fsp3) is 0.909. The fourth-order valence-electron chi connectivity index (χ4n) is 2.31. The van der Waals surface area contributed by atoms with Crippen LogP contribution in [0.5, 0.6) is 0 Å². The van der Waals surface area contributed by atoms with Crippen LogP contribution < -0.4 is 5.32 Å². The average molecular weight is 215 g/mol. The van der Waals surface area contributed by atoms with Crippen LogP contribution >= 0.6 is 0 Å². The Kier molecular flexibility index (Phi) is 4.54. The molecule has 0 aliphatic heterocycles. The first kappa shape index (κ1) is 12.5. The first-order chi connectivity index (χ1) is 7.18. The summed E-state index contributed by atoms with van der Waals surface area (Å²) in [7, 11) is 3.25. The van der Waals surface area contributed by atoms with E-state index in [0.717, 1.165) is 19.3 Å². The normalized spacial score (nSPS) is 31.3. The van der Waals surface area contributed by atoms with Crippen LogP contribution in [0.15, 0.2) is 0 Å². The molecule has 15 heavy (non-hydrogen) atoms. The molecular weight excluding hydrogens is 194 g/mol. The summed E-state index contributed by atoms with van der Waals surface area (Å²) in [5.74, 6) is -0.172. The molecule has 88 valence electrons. The average Bonchev–Trinajstić information content (AvgIpc) is 2.28. The van der Waals surface area contributed by atoms with E-state index in [1.165, 1.54) is 7.11 Å². The molecule has 0 spiro atoms. The van der Waals surface area contributed by atoms with Crippen LogP contribution in [0.3, 0.4) is 0 Å². The zero-order chi connectivity index (χ0) is 11.3. The molecule has 1 fully saturated rings. The van der Waals surface area contributed by atoms with Crippen molar-refractivity contribution in [1.82, 2.24) is 5.32 Å². The van der Waals surface area contributed by atoms with E-state index in [-0.39, 0.29) is 12.1 Å². The van der Waals surface area contributed by atoms with Crippen LogP contribution in [-0.2, 0) is 14.3 Å². The number of methoxy groups -OCH3 is 1. The number of ether oxygens (including phenoxy) is 2. The lowest BCUT2D eigenvalue weighted by Crippen LogP contribution is -2.55. The minimum absolute atomic E-state index is 0.172. The predicted molar refractivity (Wildman–Crippen MR) is 57.7 cm³/mol. The summed E-state index contributed by atoms with van der Waals surface area (Å²) in [6.07, 6.45) is 3.76. The van der Waals surface area contributed by atoms with E-state index in [1.807, 2.05) is 14.0 Å². The summed E-state index contributed by atoms with van der Waals surface area (Å²) in [6.45, 7) is 2.68. The van der Waals surface area contributed by atoms with Crippen LogP contribution in [0.1, 0.15) is 32.6 Å². The van der Waals surface area contributed by atoms with Crippen molar-refractivity contribution >= 4 is 5.97 Å². The van der Waals surface area contributed by atoms with Crippen molar-refractivity contribution in [2.75, 3.05) is 20.8 Å². The number of hydrogen-bond acceptors (Lipinski definition) is 4. The SMILES string of the molecule is CCOC1CCCC(NC)(C(=O)OC)C1. The third kappa shape index (κ3) is 2.69. The Hall–Kier alpha value is -0.610. The van der Waals surface area contributed by atoms with Gasteiger partial charge in [-0.25, -0.2) is 0 Å². The fourth-order valence-corrected chi connectivity index (χ4v) is 2.31. The largest absolute Gasteiger partial charge is 0.468 e. The molecule has 0 aromatic heterocycles. The number of hydrogen-bond donors (Lipinski definition) is 1. The van der Waals surface area contributed by atoms with Crippen molar-refractivity contribution in [2.24, 2.45) is 0 Å². The van der Waals surface area contributed by atoms with Gasteiger partial charge in [-0.05, 0) is 33.2 Å². The minimum Gasteiger partial charge on any atom is -0.468 e. The molecule has 0 heterocycles. The summed E-state index contributed by atoms with van der Waals surface area (Å²) >= 11 is 0. The van der Waals surface area contributed by atoms with Crippen LogP contribution in [0.25, 0.3) is 0 Å². The number of nitrogens with one attached hydrogen (secondary N) is 1. The van der Waals surface area contributed by atoms with Gasteiger partial charge < -0.3 is 14.8 Å². The second kappa shape index (κ2) is 5.47. The molecule has 4 heteroatoms. The Morgan fingerprint density at radius 3 is 2.87 bits per heavy atom. The summed E-state index contributed by atoms with van der Waals surface area (Å²) in [5, 5.41) is 3.10. The number of likely N-dealkylation sites (N-methyl/N-ethyl adjacent to an activating group) is 1. The molecular formula is C11H21NO3. The topological polar surface area (TPSA) is 47.6 Å². The van der Waals surface area contributed by atoms with Gasteiger partial charge in [0, 0.05) is 13.0 Å². The summed E-state index contributed by atoms with van der Waals surface area (Å²) in [6, 6.07) is 0. The summed E-state index contributed by atoms with van der Waals surface area (Å²) < 4.78 is 10.4. The maximum absolute atomic E-state index is 11.7. The number of rotatable bonds is 4. The van der Waals surface area contributed by atoms with Gasteiger partial charge in [0.2, 0.25) is 0 Å². The molecule has 0 saturated heterocycles. The van der Waals surface area contributed by atoms with Crippen LogP contribution in [0.2, 0.25) is 0 Å². The molecule has 0 aromatic rings. The van der Waals surface area contributed by atoms with Gasteiger partial charge in [-0.3, -0.25) is 4.79 Å². The quantitative estimate of drug-likeness (QED) is 0.713. The number of esters is 1. The van der Waals surface area contributed by atoms with E-state index in [2.05, 4.69) is 5.32 Å². The molecule has 0 amide bonds. The highest BCUT2D eigenvalue weighted by Gasteiger charge is 2.42. The van der Waals surface area contributed by atoms with Crippen molar-refractivity contribution in [3.63, 3.8) is 0 Å². The lowest BCUT2D eigenvalue weighted by Gasteiger charge is -2.38. The molecule has 2 atom stereocenters. The van der Waals surface area contributed by atoms with Gasteiger partial charge in [-0.1, -0.05) is 0 Å². The molecule has 0 bridgehead atoms. The van der Waals surface area contributed by atoms with E-state index in [4.69, 9.17) is 9.47 Å². The lowest BCUT2D eigenvalue weighted by molar-refractivity contribution is -0.152. The zero-order valence-electron chi connectivity index (χ0n) is 9.84. The smallest absolute Gasteiger partial charge is 0.326 e. The van der Waals surface area contributed by atoms with Crippen LogP contribution in [0, 0.1) is 0 Å². The van der Waals surface area contributed by atoms with Crippen molar-refractivity contribution in [3.05, 3.63) is 0 Å².